The molecular weight excluding hydrogens is 430 g/mol. The number of halogens is 1. The van der Waals surface area contributed by atoms with Crippen molar-refractivity contribution in [3.05, 3.63) is 46.5 Å². The lowest BCUT2D eigenvalue weighted by Gasteiger charge is -2.25. The summed E-state index contributed by atoms with van der Waals surface area (Å²) in [7, 11) is -2.65. The van der Waals surface area contributed by atoms with Crippen molar-refractivity contribution in [3.63, 3.8) is 0 Å². The van der Waals surface area contributed by atoms with Crippen LogP contribution in [-0.4, -0.2) is 44.2 Å². The molecule has 0 fully saturated rings. The van der Waals surface area contributed by atoms with Gasteiger partial charge in [0.05, 0.1) is 17.1 Å². The molecule has 10 heteroatoms. The summed E-state index contributed by atoms with van der Waals surface area (Å²) in [6.07, 6.45) is -0.734. The highest BCUT2D eigenvalue weighted by Gasteiger charge is 2.30. The smallest absolute Gasteiger partial charge is 0.265 e. The molecule has 3 rings (SSSR count). The van der Waals surface area contributed by atoms with Crippen molar-refractivity contribution in [1.29, 1.82) is 0 Å². The van der Waals surface area contributed by atoms with Gasteiger partial charge in [-0.2, -0.15) is 4.31 Å². The minimum Gasteiger partial charge on any atom is -0.479 e. The Bertz CT molecular complexity index is 1130. The van der Waals surface area contributed by atoms with Crippen LogP contribution >= 0.6 is 11.6 Å². The van der Waals surface area contributed by atoms with Crippen LogP contribution in [0, 0.1) is 13.8 Å². The molecule has 0 saturated heterocycles. The lowest BCUT2D eigenvalue weighted by Crippen LogP contribution is -2.36. The monoisotopic (exact) mass is 451 g/mol. The zero-order valence-electron chi connectivity index (χ0n) is 16.9. The second-order valence-corrected chi connectivity index (χ2v) is 9.58. The molecule has 0 bridgehead atoms. The van der Waals surface area contributed by atoms with E-state index in [4.69, 9.17) is 16.3 Å². The number of ether oxygens (including phenoxy) is 1. The molecule has 1 aliphatic heterocycles. The third-order valence-electron chi connectivity index (χ3n) is 4.73. The molecule has 1 heterocycles. The molecule has 1 aliphatic rings. The molecule has 160 valence electrons. The highest BCUT2D eigenvalue weighted by Crippen LogP contribution is 2.35. The molecule has 0 saturated carbocycles. The third kappa shape index (κ3) is 4.43. The maximum Gasteiger partial charge on any atom is 0.265 e. The zero-order chi connectivity index (χ0) is 22.2. The van der Waals surface area contributed by atoms with Gasteiger partial charge in [0.15, 0.2) is 6.10 Å². The van der Waals surface area contributed by atoms with E-state index in [1.54, 1.807) is 39.0 Å². The van der Waals surface area contributed by atoms with Gasteiger partial charge in [0.25, 0.3) is 5.91 Å². The van der Waals surface area contributed by atoms with E-state index in [-0.39, 0.29) is 23.1 Å². The van der Waals surface area contributed by atoms with Gasteiger partial charge in [0, 0.05) is 23.8 Å². The number of likely N-dealkylation sites (N-methyl/N-ethyl adjacent to an activating group) is 1. The normalized spacial score (nSPS) is 15.9. The summed E-state index contributed by atoms with van der Waals surface area (Å²) in [4.78, 5) is 24.2. The summed E-state index contributed by atoms with van der Waals surface area (Å²) < 4.78 is 32.6. The van der Waals surface area contributed by atoms with Gasteiger partial charge in [-0.1, -0.05) is 11.6 Å². The van der Waals surface area contributed by atoms with E-state index in [0.29, 0.717) is 22.0 Å². The minimum absolute atomic E-state index is 0.00238. The van der Waals surface area contributed by atoms with Crippen molar-refractivity contribution in [2.45, 2.75) is 31.8 Å². The van der Waals surface area contributed by atoms with Gasteiger partial charge in [-0.05, 0) is 56.2 Å². The molecule has 1 atom stereocenters. The summed E-state index contributed by atoms with van der Waals surface area (Å²) >= 11 is 5.91. The number of carbonyl (C=O) groups is 2. The summed E-state index contributed by atoms with van der Waals surface area (Å²) in [6.45, 7) is 4.59. The van der Waals surface area contributed by atoms with E-state index in [9.17, 15) is 18.0 Å². The fraction of sp³-hybridized carbons (Fsp3) is 0.300. The Hall–Kier alpha value is -2.62. The van der Waals surface area contributed by atoms with Crippen LogP contribution in [0.15, 0.2) is 35.2 Å². The highest BCUT2D eigenvalue weighted by atomic mass is 35.5. The minimum atomic E-state index is -3.98. The van der Waals surface area contributed by atoms with E-state index in [2.05, 4.69) is 10.6 Å². The second kappa shape index (κ2) is 8.25. The van der Waals surface area contributed by atoms with Gasteiger partial charge in [-0.25, -0.2) is 8.42 Å². The molecule has 2 N–H and O–H groups in total. The molecule has 30 heavy (non-hydrogen) atoms. The molecule has 2 amide bonds. The summed E-state index contributed by atoms with van der Waals surface area (Å²) in [5.41, 5.74) is 2.15. The number of fused-ring (bicyclic) bond motifs is 1. The van der Waals surface area contributed by atoms with E-state index in [0.717, 1.165) is 9.87 Å². The maximum absolute atomic E-state index is 13.1. The quantitative estimate of drug-likeness (QED) is 0.727. The van der Waals surface area contributed by atoms with Crippen molar-refractivity contribution in [1.82, 2.24) is 4.31 Å². The summed E-state index contributed by atoms with van der Waals surface area (Å²) in [5, 5.41) is 5.91. The SMILES string of the molecule is Cc1cc(Cl)ccc1NC(=O)CN(C)S(=O)(=O)c1cc2c(cc1C)NC(=O)[C@H](C)O2. The number of anilines is 2. The Balaban J connectivity index is 1.80. The number of rotatable bonds is 5. The van der Waals surface area contributed by atoms with Crippen LogP contribution in [0.2, 0.25) is 5.02 Å². The average Bonchev–Trinajstić information content (AvgIpc) is 2.64. The van der Waals surface area contributed by atoms with Crippen molar-refractivity contribution in [2.24, 2.45) is 0 Å². The zero-order valence-corrected chi connectivity index (χ0v) is 18.5. The number of nitrogens with zero attached hydrogens (tertiary/aromatic N) is 1. The number of hydrogen-bond donors (Lipinski definition) is 2. The lowest BCUT2D eigenvalue weighted by atomic mass is 10.1. The molecular formula is C20H22ClN3O5S. The Labute approximate surface area is 180 Å². The number of nitrogens with one attached hydrogen (secondary N) is 2. The van der Waals surface area contributed by atoms with Crippen LogP contribution in [0.5, 0.6) is 5.75 Å². The number of hydrogen-bond acceptors (Lipinski definition) is 5. The molecule has 2 aromatic carbocycles. The van der Waals surface area contributed by atoms with Crippen molar-refractivity contribution < 1.29 is 22.7 Å². The van der Waals surface area contributed by atoms with Crippen molar-refractivity contribution >= 4 is 44.8 Å². The predicted molar refractivity (Wildman–Crippen MR) is 115 cm³/mol. The van der Waals surface area contributed by atoms with E-state index < -0.39 is 22.0 Å². The first kappa shape index (κ1) is 22.1. The largest absolute Gasteiger partial charge is 0.479 e. The number of amides is 2. The molecule has 0 spiro atoms. The summed E-state index contributed by atoms with van der Waals surface area (Å²) in [5.74, 6) is -0.524. The Kier molecular flexibility index (Phi) is 6.07. The van der Waals surface area contributed by atoms with Crippen molar-refractivity contribution in [3.8, 4) is 5.75 Å². The topological polar surface area (TPSA) is 105 Å². The number of sulfonamides is 1. The Morgan fingerprint density at radius 1 is 1.23 bits per heavy atom. The summed E-state index contributed by atoms with van der Waals surface area (Å²) in [6, 6.07) is 7.91. The second-order valence-electron chi connectivity index (χ2n) is 7.13. The molecule has 0 unspecified atom stereocenters. The fourth-order valence-electron chi connectivity index (χ4n) is 3.03. The first-order valence-corrected chi connectivity index (χ1v) is 11.0. The highest BCUT2D eigenvalue weighted by molar-refractivity contribution is 7.89. The number of benzene rings is 2. The van der Waals surface area contributed by atoms with Crippen LogP contribution < -0.4 is 15.4 Å². The van der Waals surface area contributed by atoms with Crippen LogP contribution in [0.4, 0.5) is 11.4 Å². The Morgan fingerprint density at radius 2 is 1.93 bits per heavy atom. The van der Waals surface area contributed by atoms with Crippen LogP contribution in [0.1, 0.15) is 18.1 Å². The van der Waals surface area contributed by atoms with Crippen LogP contribution in [-0.2, 0) is 19.6 Å². The van der Waals surface area contributed by atoms with E-state index >= 15 is 0 Å². The van der Waals surface area contributed by atoms with E-state index in [1.807, 2.05) is 0 Å². The van der Waals surface area contributed by atoms with E-state index in [1.165, 1.54) is 19.2 Å². The van der Waals surface area contributed by atoms with Gasteiger partial charge in [-0.3, -0.25) is 9.59 Å². The van der Waals surface area contributed by atoms with Gasteiger partial charge in [-0.15, -0.1) is 0 Å². The third-order valence-corrected chi connectivity index (χ3v) is 6.91. The first-order chi connectivity index (χ1) is 14.0. The van der Waals surface area contributed by atoms with Crippen molar-refractivity contribution in [2.75, 3.05) is 24.2 Å². The molecule has 2 aromatic rings. The van der Waals surface area contributed by atoms with Gasteiger partial charge >= 0.3 is 0 Å². The fourth-order valence-corrected chi connectivity index (χ4v) is 4.60. The lowest BCUT2D eigenvalue weighted by molar-refractivity contribution is -0.122. The number of carbonyl (C=O) groups excluding carboxylic acids is 2. The maximum atomic E-state index is 13.1. The van der Waals surface area contributed by atoms with Gasteiger partial charge in [0.2, 0.25) is 15.9 Å². The molecule has 0 radical (unpaired) electrons. The van der Waals surface area contributed by atoms with Gasteiger partial charge < -0.3 is 15.4 Å². The predicted octanol–water partition coefficient (Wildman–Crippen LogP) is 2.94. The number of aryl methyl sites for hydroxylation is 2. The average molecular weight is 452 g/mol. The van der Waals surface area contributed by atoms with Crippen LogP contribution in [0.3, 0.4) is 0 Å². The van der Waals surface area contributed by atoms with Gasteiger partial charge in [0.1, 0.15) is 5.75 Å². The Morgan fingerprint density at radius 3 is 2.60 bits per heavy atom. The van der Waals surface area contributed by atoms with Crippen LogP contribution in [0.25, 0.3) is 0 Å². The molecule has 0 aliphatic carbocycles. The molecule has 0 aromatic heterocycles. The first-order valence-electron chi connectivity index (χ1n) is 9.13. The standard InChI is InChI=1S/C20H22ClN3O5S/c1-11-7-14(21)5-6-15(11)22-19(25)10-24(4)30(27,28)18-9-17-16(8-12(18)2)23-20(26)13(3)29-17/h5-9,13H,10H2,1-4H3,(H,22,25)(H,23,26)/t13-/m0/s1. The molecule has 8 nitrogen and oxygen atoms in total.